The smallest absolute Gasteiger partial charge is 0.408 e. The minimum Gasteiger partial charge on any atom is -0.444 e. The zero-order valence-electron chi connectivity index (χ0n) is 25.2. The molecule has 0 aromatic heterocycles. The number of carbonyl (C=O) groups is 5. The van der Waals surface area contributed by atoms with E-state index in [0.29, 0.717) is 24.8 Å². The molecule has 4 amide bonds. The predicted octanol–water partition coefficient (Wildman–Crippen LogP) is 2.92. The van der Waals surface area contributed by atoms with Gasteiger partial charge in [-0.2, -0.15) is 0 Å². The van der Waals surface area contributed by atoms with E-state index >= 15 is 0 Å². The first-order valence-electron chi connectivity index (χ1n) is 15.6. The average molecular weight is 573 g/mol. The third-order valence-electron chi connectivity index (χ3n) is 10.6. The molecule has 4 N–H and O–H groups in total. The predicted molar refractivity (Wildman–Crippen MR) is 151 cm³/mol. The van der Waals surface area contributed by atoms with E-state index in [4.69, 9.17) is 10.5 Å². The fourth-order valence-corrected chi connectivity index (χ4v) is 8.21. The number of ether oxygens (including phenoxy) is 1. The van der Waals surface area contributed by atoms with Crippen molar-refractivity contribution in [3.8, 4) is 0 Å². The van der Waals surface area contributed by atoms with E-state index in [0.717, 1.165) is 38.5 Å². The number of fused-ring (bicyclic) bond motifs is 2. The summed E-state index contributed by atoms with van der Waals surface area (Å²) >= 11 is 0. The lowest BCUT2D eigenvalue weighted by Crippen LogP contribution is -2.59. The van der Waals surface area contributed by atoms with Crippen molar-refractivity contribution in [3.63, 3.8) is 0 Å². The first-order valence-corrected chi connectivity index (χ1v) is 15.6. The van der Waals surface area contributed by atoms with Crippen LogP contribution in [0.4, 0.5) is 4.79 Å². The molecular formula is C31H48N4O6. The van der Waals surface area contributed by atoms with Gasteiger partial charge in [-0.3, -0.25) is 19.2 Å². The standard InChI is InChI=1S/C31H48N4O6/c1-30(2,3)41-29(40)34-23(19-13-17-8-6-7-9-18(17)14-19)28(39)35-15-20-22(31(20,4)5)24(35)27(38)33-21(12-16-10-11-16)25(36)26(32)37/h16-24H,6-15H2,1-5H3,(H2,32,37)(H,33,38)(H,34,40)/t17?,18?,19?,20-,21?,22-,23+,24+/m1/s1. The molecule has 0 aromatic carbocycles. The number of nitrogens with zero attached hydrogens (tertiary/aromatic N) is 1. The molecule has 1 aliphatic heterocycles. The second kappa shape index (κ2) is 10.9. The molecule has 0 radical (unpaired) electrons. The Kier molecular flexibility index (Phi) is 7.92. The van der Waals surface area contributed by atoms with Crippen LogP contribution in [-0.4, -0.2) is 64.8 Å². The zero-order chi connectivity index (χ0) is 29.9. The molecule has 0 aromatic rings. The summed E-state index contributed by atoms with van der Waals surface area (Å²) in [5, 5.41) is 5.74. The summed E-state index contributed by atoms with van der Waals surface area (Å²) < 4.78 is 5.56. The van der Waals surface area contributed by atoms with Gasteiger partial charge in [-0.15, -0.1) is 0 Å². The molecule has 10 heteroatoms. The molecule has 0 spiro atoms. The van der Waals surface area contributed by atoms with Crippen LogP contribution in [-0.2, 0) is 23.9 Å². The van der Waals surface area contributed by atoms with E-state index in [2.05, 4.69) is 24.5 Å². The van der Waals surface area contributed by atoms with Crippen LogP contribution in [0.2, 0.25) is 0 Å². The van der Waals surface area contributed by atoms with Gasteiger partial charge in [-0.1, -0.05) is 52.4 Å². The molecule has 3 unspecified atom stereocenters. The molecule has 5 aliphatic rings. The number of piperidine rings is 1. The fraction of sp³-hybridized carbons (Fsp3) is 0.839. The quantitative estimate of drug-likeness (QED) is 0.362. The molecule has 10 nitrogen and oxygen atoms in total. The van der Waals surface area contributed by atoms with Gasteiger partial charge in [0.1, 0.15) is 17.7 Å². The van der Waals surface area contributed by atoms with Gasteiger partial charge >= 0.3 is 6.09 Å². The van der Waals surface area contributed by atoms with Crippen LogP contribution in [0.1, 0.15) is 92.4 Å². The molecular weight excluding hydrogens is 524 g/mol. The highest BCUT2D eigenvalue weighted by Crippen LogP contribution is 2.65. The van der Waals surface area contributed by atoms with Crippen molar-refractivity contribution < 1.29 is 28.7 Å². The van der Waals surface area contributed by atoms with E-state index in [1.54, 1.807) is 25.7 Å². The topological polar surface area (TPSA) is 148 Å². The number of nitrogens with two attached hydrogens (primary N) is 1. The number of amides is 4. The molecule has 4 aliphatic carbocycles. The van der Waals surface area contributed by atoms with Crippen molar-refractivity contribution in [2.45, 2.75) is 116 Å². The van der Waals surface area contributed by atoms with Crippen LogP contribution in [0.15, 0.2) is 0 Å². The van der Waals surface area contributed by atoms with Crippen LogP contribution >= 0.6 is 0 Å². The second-order valence-electron chi connectivity index (χ2n) is 15.0. The van der Waals surface area contributed by atoms with Crippen LogP contribution in [0.25, 0.3) is 0 Å². The van der Waals surface area contributed by atoms with Crippen molar-refractivity contribution in [3.05, 3.63) is 0 Å². The summed E-state index contributed by atoms with van der Waals surface area (Å²) in [6.45, 7) is 9.97. The lowest BCUT2D eigenvalue weighted by atomic mass is 9.82. The van der Waals surface area contributed by atoms with Gasteiger partial charge in [-0.25, -0.2) is 4.79 Å². The second-order valence-corrected chi connectivity index (χ2v) is 15.0. The van der Waals surface area contributed by atoms with Crippen LogP contribution in [0.3, 0.4) is 0 Å². The number of nitrogens with one attached hydrogen (secondary N) is 2. The first-order chi connectivity index (χ1) is 19.2. The maximum atomic E-state index is 14.4. The van der Waals surface area contributed by atoms with Gasteiger partial charge in [0.15, 0.2) is 0 Å². The summed E-state index contributed by atoms with van der Waals surface area (Å²) in [5.74, 6) is -1.12. The number of hydrogen-bond donors (Lipinski definition) is 3. The first kappa shape index (κ1) is 29.8. The Balaban J connectivity index is 1.38. The maximum Gasteiger partial charge on any atom is 0.408 e. The molecule has 5 rings (SSSR count). The highest BCUT2D eigenvalue weighted by atomic mass is 16.6. The Morgan fingerprint density at radius 2 is 1.59 bits per heavy atom. The zero-order valence-corrected chi connectivity index (χ0v) is 25.2. The summed E-state index contributed by atoms with van der Waals surface area (Å²) in [5.41, 5.74) is 4.46. The van der Waals surface area contributed by atoms with Gasteiger partial charge in [-0.05, 0) is 81.0 Å². The molecule has 0 bridgehead atoms. The highest BCUT2D eigenvalue weighted by Gasteiger charge is 2.70. The van der Waals surface area contributed by atoms with E-state index in [1.807, 2.05) is 0 Å². The molecule has 41 heavy (non-hydrogen) atoms. The number of likely N-dealkylation sites (tertiary alicyclic amines) is 1. The van der Waals surface area contributed by atoms with Gasteiger partial charge in [0.25, 0.3) is 5.91 Å². The Labute approximate surface area is 243 Å². The third-order valence-corrected chi connectivity index (χ3v) is 10.6. The van der Waals surface area contributed by atoms with Gasteiger partial charge in [0, 0.05) is 6.54 Å². The summed E-state index contributed by atoms with van der Waals surface area (Å²) in [7, 11) is 0. The normalized spacial score (nSPS) is 33.1. The lowest BCUT2D eigenvalue weighted by Gasteiger charge is -2.35. The Bertz CT molecular complexity index is 1080. The van der Waals surface area contributed by atoms with E-state index in [-0.39, 0.29) is 35.0 Å². The number of Topliss-reactive ketones (excluding diaryl/α,β-unsaturated/α-hetero) is 1. The number of hydrogen-bond acceptors (Lipinski definition) is 6. The van der Waals surface area contributed by atoms with Gasteiger partial charge < -0.3 is 26.0 Å². The third kappa shape index (κ3) is 6.26. The van der Waals surface area contributed by atoms with E-state index < -0.39 is 47.4 Å². The van der Waals surface area contributed by atoms with Crippen LogP contribution in [0.5, 0.6) is 0 Å². The highest BCUT2D eigenvalue weighted by molar-refractivity contribution is 6.37. The number of rotatable bonds is 9. The Morgan fingerprint density at radius 3 is 2.12 bits per heavy atom. The number of carbonyl (C=O) groups excluding carboxylic acids is 5. The Hall–Kier alpha value is -2.65. The van der Waals surface area contributed by atoms with Gasteiger partial charge in [0.2, 0.25) is 17.6 Å². The van der Waals surface area contributed by atoms with E-state index in [1.165, 1.54) is 12.8 Å². The van der Waals surface area contributed by atoms with E-state index in [9.17, 15) is 24.0 Å². The molecule has 4 saturated carbocycles. The molecule has 5 fully saturated rings. The van der Waals surface area contributed by atoms with Crippen molar-refractivity contribution in [2.24, 2.45) is 46.7 Å². The monoisotopic (exact) mass is 572 g/mol. The average Bonchev–Trinajstić information content (AvgIpc) is 3.63. The minimum atomic E-state index is -1.07. The number of primary amides is 1. The summed E-state index contributed by atoms with van der Waals surface area (Å²) in [4.78, 5) is 67.2. The summed E-state index contributed by atoms with van der Waals surface area (Å²) in [6.07, 6.45) is 8.09. The maximum absolute atomic E-state index is 14.4. The van der Waals surface area contributed by atoms with Crippen LogP contribution in [0, 0.1) is 40.9 Å². The van der Waals surface area contributed by atoms with Crippen molar-refractivity contribution >= 4 is 29.6 Å². The minimum absolute atomic E-state index is 0.0316. The SMILES string of the molecule is CC(C)(C)OC(=O)N[C@H](C(=O)N1C[C@@H]2[C@H]([C@H]1C(=O)NC(CC1CC1)C(=O)C(N)=O)C2(C)C)C1CC2CCCCC2C1. The molecule has 1 heterocycles. The Morgan fingerprint density at radius 1 is 0.976 bits per heavy atom. The largest absolute Gasteiger partial charge is 0.444 e. The molecule has 7 atom stereocenters. The lowest BCUT2D eigenvalue weighted by molar-refractivity contribution is -0.144. The van der Waals surface area contributed by atoms with Crippen molar-refractivity contribution in [1.29, 1.82) is 0 Å². The fourth-order valence-electron chi connectivity index (χ4n) is 8.21. The number of ketones is 1. The van der Waals surface area contributed by atoms with Gasteiger partial charge in [0.05, 0.1) is 6.04 Å². The van der Waals surface area contributed by atoms with Crippen LogP contribution < -0.4 is 16.4 Å². The van der Waals surface area contributed by atoms with Crippen molar-refractivity contribution in [1.82, 2.24) is 15.5 Å². The molecule has 228 valence electrons. The van der Waals surface area contributed by atoms with Crippen molar-refractivity contribution in [2.75, 3.05) is 6.54 Å². The molecule has 1 saturated heterocycles. The summed E-state index contributed by atoms with van der Waals surface area (Å²) in [6, 6.07) is -2.56. The number of alkyl carbamates (subject to hydrolysis) is 1.